The smallest absolute Gasteiger partial charge is 0.00474 e. The molecular formula is C18H41N3. The molecule has 0 heterocycles. The van der Waals surface area contributed by atoms with Gasteiger partial charge in [-0.25, -0.2) is 0 Å². The first-order valence-corrected chi connectivity index (χ1v) is 8.90. The molecule has 0 aliphatic heterocycles. The van der Waals surface area contributed by atoms with E-state index in [4.69, 9.17) is 0 Å². The number of nitrogens with one attached hydrogen (secondary N) is 1. The first-order valence-electron chi connectivity index (χ1n) is 8.90. The van der Waals surface area contributed by atoms with Crippen LogP contribution in [0.2, 0.25) is 0 Å². The molecule has 0 fully saturated rings. The van der Waals surface area contributed by atoms with Crippen LogP contribution < -0.4 is 5.32 Å². The van der Waals surface area contributed by atoms with E-state index in [0.29, 0.717) is 5.41 Å². The minimum absolute atomic E-state index is 0.401. The highest BCUT2D eigenvalue weighted by Gasteiger charge is 2.25. The van der Waals surface area contributed by atoms with E-state index < -0.39 is 0 Å². The lowest BCUT2D eigenvalue weighted by Gasteiger charge is -2.36. The molecule has 1 N–H and O–H groups in total. The molecule has 0 aromatic rings. The zero-order valence-corrected chi connectivity index (χ0v) is 15.8. The third-order valence-corrected chi connectivity index (χ3v) is 4.09. The normalized spacial score (nSPS) is 15.1. The van der Waals surface area contributed by atoms with Gasteiger partial charge in [-0.1, -0.05) is 41.0 Å². The van der Waals surface area contributed by atoms with Gasteiger partial charge in [-0.2, -0.15) is 0 Å². The van der Waals surface area contributed by atoms with Crippen molar-refractivity contribution in [3.8, 4) is 0 Å². The lowest BCUT2D eigenvalue weighted by molar-refractivity contribution is 0.149. The number of hydrogen-bond donors (Lipinski definition) is 1. The molecule has 0 aliphatic rings. The highest BCUT2D eigenvalue weighted by atomic mass is 15.1. The Bertz CT molecular complexity index is 241. The van der Waals surface area contributed by atoms with Gasteiger partial charge in [0.25, 0.3) is 0 Å². The molecule has 3 heteroatoms. The molecule has 0 bridgehead atoms. The Balaban J connectivity index is 4.33. The van der Waals surface area contributed by atoms with Crippen LogP contribution in [0.1, 0.15) is 53.9 Å². The summed E-state index contributed by atoms with van der Waals surface area (Å²) in [6, 6.07) is 0. The van der Waals surface area contributed by atoms with Gasteiger partial charge >= 0.3 is 0 Å². The number of rotatable bonds is 13. The van der Waals surface area contributed by atoms with Crippen molar-refractivity contribution in [2.45, 2.75) is 53.9 Å². The van der Waals surface area contributed by atoms with Gasteiger partial charge in [-0.15, -0.1) is 0 Å². The lowest BCUT2D eigenvalue weighted by Crippen LogP contribution is -2.43. The van der Waals surface area contributed by atoms with E-state index in [1.54, 1.807) is 0 Å². The molecule has 3 nitrogen and oxygen atoms in total. The molecule has 0 saturated carbocycles. The van der Waals surface area contributed by atoms with Gasteiger partial charge < -0.3 is 15.1 Å². The standard InChI is InChI=1S/C18H41N3/c1-8-11-18(5,15-19-14-17(3)4)16-21(9-2)13-10-12-20(6)7/h17,19H,8-16H2,1-7H3. The highest BCUT2D eigenvalue weighted by molar-refractivity contribution is 4.81. The SMILES string of the molecule is CCCC(C)(CNCC(C)C)CN(CC)CCCN(C)C. The van der Waals surface area contributed by atoms with E-state index in [-0.39, 0.29) is 0 Å². The Labute approximate surface area is 134 Å². The Hall–Kier alpha value is -0.120. The summed E-state index contributed by atoms with van der Waals surface area (Å²) in [5, 5.41) is 3.68. The molecular weight excluding hydrogens is 258 g/mol. The molecule has 0 rings (SSSR count). The summed E-state index contributed by atoms with van der Waals surface area (Å²) in [5.74, 6) is 0.734. The summed E-state index contributed by atoms with van der Waals surface area (Å²) in [5.41, 5.74) is 0.401. The van der Waals surface area contributed by atoms with E-state index >= 15 is 0 Å². The quantitative estimate of drug-likeness (QED) is 0.563. The van der Waals surface area contributed by atoms with Crippen LogP contribution in [0.25, 0.3) is 0 Å². The summed E-state index contributed by atoms with van der Waals surface area (Å²) in [7, 11) is 4.32. The Morgan fingerprint density at radius 2 is 1.76 bits per heavy atom. The predicted octanol–water partition coefficient (Wildman–Crippen LogP) is 3.31. The van der Waals surface area contributed by atoms with Crippen LogP contribution in [0.4, 0.5) is 0 Å². The summed E-state index contributed by atoms with van der Waals surface area (Å²) >= 11 is 0. The van der Waals surface area contributed by atoms with Gasteiger partial charge in [0.1, 0.15) is 0 Å². The molecule has 1 atom stereocenters. The summed E-state index contributed by atoms with van der Waals surface area (Å²) in [6.45, 7) is 18.7. The fourth-order valence-corrected chi connectivity index (χ4v) is 2.99. The first kappa shape index (κ1) is 20.9. The van der Waals surface area contributed by atoms with Crippen molar-refractivity contribution in [3.63, 3.8) is 0 Å². The van der Waals surface area contributed by atoms with Gasteiger partial charge in [0.2, 0.25) is 0 Å². The van der Waals surface area contributed by atoms with Crippen molar-refractivity contribution in [1.29, 1.82) is 0 Å². The second-order valence-corrected chi connectivity index (χ2v) is 7.61. The number of hydrogen-bond acceptors (Lipinski definition) is 3. The fraction of sp³-hybridized carbons (Fsp3) is 1.00. The third kappa shape index (κ3) is 11.1. The largest absolute Gasteiger partial charge is 0.316 e. The first-order chi connectivity index (χ1) is 9.83. The van der Waals surface area contributed by atoms with Crippen molar-refractivity contribution < 1.29 is 0 Å². The van der Waals surface area contributed by atoms with Crippen molar-refractivity contribution in [3.05, 3.63) is 0 Å². The number of nitrogens with zero attached hydrogens (tertiary/aromatic N) is 2. The second kappa shape index (κ2) is 11.4. The van der Waals surface area contributed by atoms with E-state index in [2.05, 4.69) is 63.8 Å². The molecule has 0 saturated heterocycles. The van der Waals surface area contributed by atoms with Crippen LogP contribution in [0.15, 0.2) is 0 Å². The topological polar surface area (TPSA) is 18.5 Å². The van der Waals surface area contributed by atoms with Crippen molar-refractivity contribution in [1.82, 2.24) is 15.1 Å². The van der Waals surface area contributed by atoms with Gasteiger partial charge in [0.15, 0.2) is 0 Å². The summed E-state index contributed by atoms with van der Waals surface area (Å²) < 4.78 is 0. The molecule has 0 amide bonds. The minimum Gasteiger partial charge on any atom is -0.316 e. The highest BCUT2D eigenvalue weighted by Crippen LogP contribution is 2.24. The minimum atomic E-state index is 0.401. The molecule has 1 unspecified atom stereocenters. The average Bonchev–Trinajstić information content (AvgIpc) is 2.37. The van der Waals surface area contributed by atoms with Crippen LogP contribution in [-0.2, 0) is 0 Å². The summed E-state index contributed by atoms with van der Waals surface area (Å²) in [4.78, 5) is 4.92. The molecule has 0 aromatic heterocycles. The van der Waals surface area contributed by atoms with Gasteiger partial charge in [0.05, 0.1) is 0 Å². The van der Waals surface area contributed by atoms with Crippen LogP contribution >= 0.6 is 0 Å². The zero-order chi connectivity index (χ0) is 16.3. The fourth-order valence-electron chi connectivity index (χ4n) is 2.99. The molecule has 21 heavy (non-hydrogen) atoms. The van der Waals surface area contributed by atoms with Gasteiger partial charge in [0, 0.05) is 13.1 Å². The Kier molecular flexibility index (Phi) is 11.4. The zero-order valence-electron chi connectivity index (χ0n) is 15.8. The van der Waals surface area contributed by atoms with Crippen LogP contribution in [0.3, 0.4) is 0 Å². The second-order valence-electron chi connectivity index (χ2n) is 7.61. The van der Waals surface area contributed by atoms with Crippen molar-refractivity contribution >= 4 is 0 Å². The maximum absolute atomic E-state index is 3.68. The van der Waals surface area contributed by atoms with Gasteiger partial charge in [-0.3, -0.25) is 0 Å². The molecule has 0 aromatic carbocycles. The molecule has 0 spiro atoms. The average molecular weight is 300 g/mol. The van der Waals surface area contributed by atoms with Crippen LogP contribution in [-0.4, -0.2) is 63.2 Å². The van der Waals surface area contributed by atoms with E-state index in [1.807, 2.05) is 0 Å². The Morgan fingerprint density at radius 3 is 2.24 bits per heavy atom. The molecule has 0 aliphatic carbocycles. The summed E-state index contributed by atoms with van der Waals surface area (Å²) in [6.07, 6.45) is 3.85. The molecule has 0 radical (unpaired) electrons. The van der Waals surface area contributed by atoms with Crippen LogP contribution in [0.5, 0.6) is 0 Å². The van der Waals surface area contributed by atoms with Gasteiger partial charge in [-0.05, 0) is 64.4 Å². The van der Waals surface area contributed by atoms with Crippen LogP contribution in [0, 0.1) is 11.3 Å². The maximum Gasteiger partial charge on any atom is 0.00474 e. The van der Waals surface area contributed by atoms with Crippen molar-refractivity contribution in [2.24, 2.45) is 11.3 Å². The third-order valence-electron chi connectivity index (χ3n) is 4.09. The Morgan fingerprint density at radius 1 is 1.10 bits per heavy atom. The molecule has 128 valence electrons. The monoisotopic (exact) mass is 299 g/mol. The van der Waals surface area contributed by atoms with E-state index in [0.717, 1.165) is 25.6 Å². The predicted molar refractivity (Wildman–Crippen MR) is 96.0 cm³/mol. The van der Waals surface area contributed by atoms with Crippen molar-refractivity contribution in [2.75, 3.05) is 53.4 Å². The maximum atomic E-state index is 3.68. The lowest BCUT2D eigenvalue weighted by atomic mass is 9.84. The van der Waals surface area contributed by atoms with E-state index in [9.17, 15) is 0 Å². The van der Waals surface area contributed by atoms with E-state index in [1.165, 1.54) is 38.9 Å².